The van der Waals surface area contributed by atoms with E-state index in [2.05, 4.69) is 58.3 Å². The van der Waals surface area contributed by atoms with Crippen LogP contribution in [0.4, 0.5) is 6.01 Å². The average molecular weight is 320 g/mol. The monoisotopic (exact) mass is 320 g/mol. The summed E-state index contributed by atoms with van der Waals surface area (Å²) in [5.41, 5.74) is 8.76. The minimum atomic E-state index is -0.265. The first-order valence-electron chi connectivity index (χ1n) is 8.03. The number of nitrogens with two attached hydrogens (primary N) is 1. The Morgan fingerprint density at radius 2 is 2.08 bits per heavy atom. The van der Waals surface area contributed by atoms with Gasteiger partial charge in [0, 0.05) is 17.8 Å². The van der Waals surface area contributed by atoms with E-state index in [1.807, 2.05) is 25.3 Å². The molecule has 2 atom stereocenters. The van der Waals surface area contributed by atoms with Gasteiger partial charge in [-0.05, 0) is 31.1 Å². The van der Waals surface area contributed by atoms with Gasteiger partial charge in [0.15, 0.2) is 5.76 Å². The number of aliphatic imine (C=N–C) groups is 1. The maximum Gasteiger partial charge on any atom is 0.292 e. The Kier molecular flexibility index (Phi) is 3.30. The molecule has 2 N–H and O–H groups in total. The molecule has 2 heterocycles. The highest BCUT2D eigenvalue weighted by Gasteiger charge is 2.45. The van der Waals surface area contributed by atoms with E-state index in [1.54, 1.807) is 0 Å². The van der Waals surface area contributed by atoms with E-state index in [1.165, 1.54) is 5.56 Å². The largest absolute Gasteiger partial charge is 0.424 e. The number of benzene rings is 1. The lowest BCUT2D eigenvalue weighted by Crippen LogP contribution is -2.42. The molecule has 5 nitrogen and oxygen atoms in total. The SMILES string of the molecule is CC1=CC(C)(c2ccccc2)C(N2C=CC=NC2)c2nc(N)oc21. The molecule has 2 unspecified atom stereocenters. The van der Waals surface area contributed by atoms with Crippen LogP contribution in [0.1, 0.15) is 36.9 Å². The zero-order valence-electron chi connectivity index (χ0n) is 13.8. The number of hydrogen-bond acceptors (Lipinski definition) is 5. The number of nitrogens with zero attached hydrogens (tertiary/aromatic N) is 3. The number of fused-ring (bicyclic) bond motifs is 1. The van der Waals surface area contributed by atoms with Crippen LogP contribution in [0.5, 0.6) is 0 Å². The molecule has 0 fully saturated rings. The molecule has 0 spiro atoms. The van der Waals surface area contributed by atoms with Gasteiger partial charge in [0.25, 0.3) is 6.01 Å². The van der Waals surface area contributed by atoms with E-state index in [4.69, 9.17) is 10.2 Å². The molecule has 1 aromatic carbocycles. The zero-order valence-corrected chi connectivity index (χ0v) is 13.8. The molecular weight excluding hydrogens is 300 g/mol. The van der Waals surface area contributed by atoms with Crippen molar-refractivity contribution in [3.8, 4) is 0 Å². The van der Waals surface area contributed by atoms with Gasteiger partial charge in [-0.25, -0.2) is 0 Å². The lowest BCUT2D eigenvalue weighted by Gasteiger charge is -2.44. The highest BCUT2D eigenvalue weighted by Crippen LogP contribution is 2.49. The molecule has 0 bridgehead atoms. The zero-order chi connectivity index (χ0) is 16.7. The summed E-state index contributed by atoms with van der Waals surface area (Å²) in [6.07, 6.45) is 8.08. The highest BCUT2D eigenvalue weighted by atomic mass is 16.4. The first-order chi connectivity index (χ1) is 11.6. The molecule has 2 aromatic rings. The van der Waals surface area contributed by atoms with Crippen molar-refractivity contribution >= 4 is 17.8 Å². The third-order valence-electron chi connectivity index (χ3n) is 4.81. The predicted octanol–water partition coefficient (Wildman–Crippen LogP) is 3.53. The van der Waals surface area contributed by atoms with E-state index in [0.717, 1.165) is 17.0 Å². The Labute approximate surface area is 141 Å². The second-order valence-electron chi connectivity index (χ2n) is 6.47. The van der Waals surface area contributed by atoms with Gasteiger partial charge < -0.3 is 15.1 Å². The Morgan fingerprint density at radius 3 is 2.79 bits per heavy atom. The van der Waals surface area contributed by atoms with Crippen LogP contribution in [0.15, 0.2) is 58.1 Å². The number of nitrogen functional groups attached to an aromatic ring is 1. The van der Waals surface area contributed by atoms with Crippen molar-refractivity contribution in [1.82, 2.24) is 9.88 Å². The summed E-state index contributed by atoms with van der Waals surface area (Å²) >= 11 is 0. The summed E-state index contributed by atoms with van der Waals surface area (Å²) in [5, 5.41) is 0. The van der Waals surface area contributed by atoms with Crippen molar-refractivity contribution in [2.24, 2.45) is 4.99 Å². The predicted molar refractivity (Wildman–Crippen MR) is 95.4 cm³/mol. The van der Waals surface area contributed by atoms with E-state index in [0.29, 0.717) is 6.67 Å². The Hall–Kier alpha value is -2.82. The number of aromatic nitrogens is 1. The van der Waals surface area contributed by atoms with Gasteiger partial charge >= 0.3 is 0 Å². The molecule has 5 heteroatoms. The van der Waals surface area contributed by atoms with Crippen LogP contribution in [-0.4, -0.2) is 22.8 Å². The molecule has 0 radical (unpaired) electrons. The Bertz CT molecular complexity index is 850. The van der Waals surface area contributed by atoms with Crippen molar-refractivity contribution in [1.29, 1.82) is 0 Å². The topological polar surface area (TPSA) is 67.7 Å². The molecule has 1 aliphatic heterocycles. The van der Waals surface area contributed by atoms with E-state index < -0.39 is 0 Å². The van der Waals surface area contributed by atoms with Gasteiger partial charge in [-0.1, -0.05) is 36.4 Å². The molecule has 2 aliphatic rings. The fourth-order valence-corrected chi connectivity index (χ4v) is 3.80. The van der Waals surface area contributed by atoms with Gasteiger partial charge in [0.05, 0.1) is 6.04 Å². The lowest BCUT2D eigenvalue weighted by molar-refractivity contribution is 0.205. The van der Waals surface area contributed by atoms with Gasteiger partial charge in [0.1, 0.15) is 12.4 Å². The quantitative estimate of drug-likeness (QED) is 0.919. The average Bonchev–Trinajstić information content (AvgIpc) is 2.98. The Morgan fingerprint density at radius 1 is 1.29 bits per heavy atom. The maximum atomic E-state index is 5.87. The molecule has 24 heavy (non-hydrogen) atoms. The minimum Gasteiger partial charge on any atom is -0.424 e. The number of rotatable bonds is 2. The Balaban J connectivity index is 1.92. The highest BCUT2D eigenvalue weighted by molar-refractivity contribution is 5.72. The van der Waals surface area contributed by atoms with Crippen LogP contribution in [0, 0.1) is 0 Å². The van der Waals surface area contributed by atoms with Gasteiger partial charge in [-0.3, -0.25) is 4.99 Å². The van der Waals surface area contributed by atoms with Crippen LogP contribution in [0.25, 0.3) is 5.57 Å². The summed E-state index contributed by atoms with van der Waals surface area (Å²) in [4.78, 5) is 11.1. The fourth-order valence-electron chi connectivity index (χ4n) is 3.80. The van der Waals surface area contributed by atoms with Gasteiger partial charge in [-0.2, -0.15) is 4.98 Å². The van der Waals surface area contributed by atoms with Crippen molar-refractivity contribution < 1.29 is 4.42 Å². The molecule has 0 saturated carbocycles. The summed E-state index contributed by atoms with van der Waals surface area (Å²) < 4.78 is 5.68. The van der Waals surface area contributed by atoms with E-state index in [9.17, 15) is 0 Å². The number of hydrogen-bond donors (Lipinski definition) is 1. The summed E-state index contributed by atoms with van der Waals surface area (Å²) in [5.74, 6) is 0.772. The molecule has 1 aromatic heterocycles. The second kappa shape index (κ2) is 5.37. The van der Waals surface area contributed by atoms with Gasteiger partial charge in [-0.15, -0.1) is 0 Å². The van der Waals surface area contributed by atoms with Crippen LogP contribution in [-0.2, 0) is 5.41 Å². The number of oxazole rings is 1. The minimum absolute atomic E-state index is 0.0339. The maximum absolute atomic E-state index is 5.87. The van der Waals surface area contributed by atoms with E-state index >= 15 is 0 Å². The van der Waals surface area contributed by atoms with Crippen LogP contribution in [0.3, 0.4) is 0 Å². The summed E-state index contributed by atoms with van der Waals surface area (Å²) in [6.45, 7) is 4.87. The number of anilines is 1. The smallest absolute Gasteiger partial charge is 0.292 e. The first kappa shape index (κ1) is 14.8. The molecule has 0 amide bonds. The number of allylic oxidation sites excluding steroid dienone is 2. The van der Waals surface area contributed by atoms with Crippen molar-refractivity contribution in [3.05, 3.63) is 65.7 Å². The van der Waals surface area contributed by atoms with Crippen molar-refractivity contribution in [2.75, 3.05) is 12.4 Å². The molecule has 4 rings (SSSR count). The van der Waals surface area contributed by atoms with Crippen LogP contribution in [0.2, 0.25) is 0 Å². The molecule has 122 valence electrons. The summed E-state index contributed by atoms with van der Waals surface area (Å²) in [7, 11) is 0. The normalized spacial score (nSPS) is 25.5. The molecule has 0 saturated heterocycles. The molecular formula is C19H20N4O. The summed E-state index contributed by atoms with van der Waals surface area (Å²) in [6, 6.07) is 10.7. The standard InChI is InChI=1S/C19H20N4O/c1-13-11-19(2,14-7-4-3-5-8-14)17(23-10-6-9-21-12-23)15-16(13)24-18(20)22-15/h3-11,17H,12H2,1-2H3,(H2,20,22). The van der Waals surface area contributed by atoms with Gasteiger partial charge in [0.2, 0.25) is 0 Å². The van der Waals surface area contributed by atoms with E-state index in [-0.39, 0.29) is 17.5 Å². The van der Waals surface area contributed by atoms with Crippen molar-refractivity contribution in [3.63, 3.8) is 0 Å². The van der Waals surface area contributed by atoms with Crippen LogP contribution >= 0.6 is 0 Å². The first-order valence-corrected chi connectivity index (χ1v) is 8.03. The second-order valence-corrected chi connectivity index (χ2v) is 6.47. The van der Waals surface area contributed by atoms with Crippen LogP contribution < -0.4 is 5.73 Å². The fraction of sp³-hybridized carbons (Fsp3) is 0.263. The molecule has 1 aliphatic carbocycles. The third-order valence-corrected chi connectivity index (χ3v) is 4.81. The lowest BCUT2D eigenvalue weighted by atomic mass is 9.69. The third kappa shape index (κ3) is 2.16. The van der Waals surface area contributed by atoms with Crippen molar-refractivity contribution in [2.45, 2.75) is 25.3 Å².